The monoisotopic (exact) mass is 690 g/mol. The van der Waals surface area contributed by atoms with Gasteiger partial charge >= 0.3 is 6.18 Å². The smallest absolute Gasteiger partial charge is 0.388 e. The molecule has 5 heterocycles. The first kappa shape index (κ1) is 30.0. The number of hydrogen-bond donors (Lipinski definition) is 2. The molecule has 228 valence electrons. The predicted molar refractivity (Wildman–Crippen MR) is 142 cm³/mol. The van der Waals surface area contributed by atoms with Crippen molar-refractivity contribution in [3.8, 4) is 16.8 Å². The van der Waals surface area contributed by atoms with E-state index in [0.29, 0.717) is 0 Å². The van der Waals surface area contributed by atoms with Gasteiger partial charge in [0.1, 0.15) is 42.4 Å². The zero-order chi connectivity index (χ0) is 31.0. The molecule has 3 aromatic heterocycles. The summed E-state index contributed by atoms with van der Waals surface area (Å²) in [4.78, 5) is 8.00. The summed E-state index contributed by atoms with van der Waals surface area (Å²) in [5.41, 5.74) is -1.63. The maximum absolute atomic E-state index is 14.7. The minimum atomic E-state index is -4.87. The SMILES string of the molecule is Cc1nc([C@@H]2OC3C(O)CO[C@@H]3C(n3cc(-c4ccc(Cl)c(F)c4F)cn3)C2O)n(-c2cc(Br)c(C)nc2C(F)(F)F)n1. The van der Waals surface area contributed by atoms with Gasteiger partial charge in [-0.25, -0.2) is 23.4 Å². The van der Waals surface area contributed by atoms with Gasteiger partial charge < -0.3 is 19.7 Å². The van der Waals surface area contributed by atoms with Crippen molar-refractivity contribution in [2.24, 2.45) is 0 Å². The van der Waals surface area contributed by atoms with E-state index in [1.165, 1.54) is 49.1 Å². The van der Waals surface area contributed by atoms with Crippen LogP contribution in [0.2, 0.25) is 5.02 Å². The van der Waals surface area contributed by atoms with Gasteiger partial charge in [-0.15, -0.1) is 0 Å². The van der Waals surface area contributed by atoms with E-state index >= 15 is 0 Å². The third-order valence-electron chi connectivity index (χ3n) is 7.34. The van der Waals surface area contributed by atoms with Crippen LogP contribution in [-0.2, 0) is 15.7 Å². The zero-order valence-electron chi connectivity index (χ0n) is 22.1. The van der Waals surface area contributed by atoms with Gasteiger partial charge in [0.25, 0.3) is 0 Å². The largest absolute Gasteiger partial charge is 0.435 e. The molecule has 10 nitrogen and oxygen atoms in total. The van der Waals surface area contributed by atoms with E-state index in [2.05, 4.69) is 36.1 Å². The molecule has 2 aliphatic rings. The molecule has 0 radical (unpaired) electrons. The lowest BCUT2D eigenvalue weighted by molar-refractivity contribution is -0.196. The van der Waals surface area contributed by atoms with Crippen molar-refractivity contribution in [2.75, 3.05) is 6.61 Å². The fourth-order valence-corrected chi connectivity index (χ4v) is 5.80. The van der Waals surface area contributed by atoms with Gasteiger partial charge in [-0.05, 0) is 48.0 Å². The summed E-state index contributed by atoms with van der Waals surface area (Å²) in [5.74, 6) is -2.58. The highest BCUT2D eigenvalue weighted by Gasteiger charge is 2.55. The zero-order valence-corrected chi connectivity index (χ0v) is 24.4. The summed E-state index contributed by atoms with van der Waals surface area (Å²) < 4.78 is 85.3. The molecule has 17 heteroatoms. The number of fused-ring (bicyclic) bond motifs is 1. The van der Waals surface area contributed by atoms with E-state index in [0.717, 1.165) is 4.68 Å². The van der Waals surface area contributed by atoms with Gasteiger partial charge in [0.05, 0.1) is 29.2 Å². The summed E-state index contributed by atoms with van der Waals surface area (Å²) >= 11 is 8.89. The predicted octanol–water partition coefficient (Wildman–Crippen LogP) is 4.66. The number of pyridine rings is 1. The Hall–Kier alpha value is -3.02. The lowest BCUT2D eigenvalue weighted by Gasteiger charge is -2.41. The standard InChI is InChI=1S/C26H21BrClF5N6O4/c1-9-13(27)5-15(24(35-9)26(31,32)33)39-25(36-10(2)37-39)23-20(41)19(22-21(43-23)16(40)8-42-22)38-7-11(6-34-38)12-3-4-14(28)18(30)17(12)29/h3-7,16,19-23,40-41H,8H2,1-2H3/t16?,19?,20?,21?,22-,23-/m1/s1. The number of benzene rings is 1. The molecule has 0 bridgehead atoms. The van der Waals surface area contributed by atoms with Crippen LogP contribution < -0.4 is 0 Å². The third kappa shape index (κ3) is 5.13. The van der Waals surface area contributed by atoms with E-state index in [-0.39, 0.29) is 39.5 Å². The molecule has 43 heavy (non-hydrogen) atoms. The van der Waals surface area contributed by atoms with Crippen LogP contribution in [0.3, 0.4) is 0 Å². The number of aliphatic hydroxyl groups excluding tert-OH is 2. The number of aliphatic hydroxyl groups is 2. The van der Waals surface area contributed by atoms with Gasteiger partial charge in [0.15, 0.2) is 23.2 Å². The number of aromatic nitrogens is 6. The average molecular weight is 692 g/mol. The molecule has 1 aromatic carbocycles. The molecule has 2 saturated heterocycles. The Kier molecular flexibility index (Phi) is 7.58. The Morgan fingerprint density at radius 2 is 1.84 bits per heavy atom. The van der Waals surface area contributed by atoms with E-state index in [9.17, 15) is 32.2 Å². The molecule has 6 atom stereocenters. The molecule has 6 rings (SSSR count). The second kappa shape index (κ2) is 10.9. The van der Waals surface area contributed by atoms with Crippen molar-refractivity contribution in [1.82, 2.24) is 29.5 Å². The summed E-state index contributed by atoms with van der Waals surface area (Å²) in [5, 5.41) is 30.3. The van der Waals surface area contributed by atoms with Gasteiger partial charge in [0.2, 0.25) is 0 Å². The van der Waals surface area contributed by atoms with Crippen LogP contribution in [0.1, 0.15) is 35.2 Å². The number of rotatable bonds is 4. The number of aryl methyl sites for hydroxylation is 2. The Morgan fingerprint density at radius 3 is 2.56 bits per heavy atom. The van der Waals surface area contributed by atoms with Crippen LogP contribution in [0.4, 0.5) is 22.0 Å². The first-order chi connectivity index (χ1) is 20.3. The van der Waals surface area contributed by atoms with Crippen LogP contribution in [0.5, 0.6) is 0 Å². The highest BCUT2D eigenvalue weighted by atomic mass is 79.9. The molecule has 0 amide bonds. The molecule has 0 saturated carbocycles. The second-order valence-electron chi connectivity index (χ2n) is 10.1. The lowest BCUT2D eigenvalue weighted by Crippen LogP contribution is -2.52. The fourth-order valence-electron chi connectivity index (χ4n) is 5.35. The molecule has 4 unspecified atom stereocenters. The van der Waals surface area contributed by atoms with Crippen LogP contribution in [-0.4, -0.2) is 70.8 Å². The van der Waals surface area contributed by atoms with Gasteiger partial charge in [-0.1, -0.05) is 11.6 Å². The highest BCUT2D eigenvalue weighted by Crippen LogP contribution is 2.44. The van der Waals surface area contributed by atoms with E-state index in [1.807, 2.05) is 0 Å². The van der Waals surface area contributed by atoms with E-state index in [4.69, 9.17) is 21.1 Å². The number of nitrogens with zero attached hydrogens (tertiary/aromatic N) is 6. The number of hydrogen-bond acceptors (Lipinski definition) is 8. The molecule has 2 aliphatic heterocycles. The molecule has 2 fully saturated rings. The van der Waals surface area contributed by atoms with Crippen LogP contribution in [0.25, 0.3) is 16.8 Å². The van der Waals surface area contributed by atoms with Crippen LogP contribution in [0, 0.1) is 25.5 Å². The van der Waals surface area contributed by atoms with E-state index in [1.54, 1.807) is 0 Å². The van der Waals surface area contributed by atoms with Crippen molar-refractivity contribution >= 4 is 27.5 Å². The Labute approximate surface area is 253 Å². The van der Waals surface area contributed by atoms with Crippen molar-refractivity contribution < 1.29 is 41.6 Å². The molecule has 0 aliphatic carbocycles. The second-order valence-corrected chi connectivity index (χ2v) is 11.4. The van der Waals surface area contributed by atoms with Crippen LogP contribution in [0.15, 0.2) is 35.1 Å². The normalized spacial score (nSPS) is 25.7. The van der Waals surface area contributed by atoms with Crippen molar-refractivity contribution in [1.29, 1.82) is 0 Å². The van der Waals surface area contributed by atoms with Crippen LogP contribution >= 0.6 is 27.5 Å². The highest BCUT2D eigenvalue weighted by molar-refractivity contribution is 9.10. The lowest BCUT2D eigenvalue weighted by atomic mass is 9.91. The molecular weight excluding hydrogens is 671 g/mol. The minimum Gasteiger partial charge on any atom is -0.388 e. The number of halogens is 7. The Bertz CT molecular complexity index is 1720. The maximum Gasteiger partial charge on any atom is 0.435 e. The number of ether oxygens (including phenoxy) is 2. The van der Waals surface area contributed by atoms with Crippen molar-refractivity contribution in [3.63, 3.8) is 0 Å². The molecule has 4 aromatic rings. The van der Waals surface area contributed by atoms with Gasteiger partial charge in [-0.3, -0.25) is 4.68 Å². The topological polar surface area (TPSA) is 120 Å². The summed E-state index contributed by atoms with van der Waals surface area (Å²) in [6.07, 6.45) is -8.52. The van der Waals surface area contributed by atoms with E-state index < -0.39 is 70.8 Å². The summed E-state index contributed by atoms with van der Waals surface area (Å²) in [6, 6.07) is 2.53. The quantitative estimate of drug-likeness (QED) is 0.235. The minimum absolute atomic E-state index is 0.0686. The summed E-state index contributed by atoms with van der Waals surface area (Å²) in [6.45, 7) is 2.68. The van der Waals surface area contributed by atoms with Gasteiger partial charge in [0, 0.05) is 21.8 Å². The Morgan fingerprint density at radius 1 is 1.09 bits per heavy atom. The third-order valence-corrected chi connectivity index (χ3v) is 8.43. The van der Waals surface area contributed by atoms with Crippen molar-refractivity contribution in [3.05, 3.63) is 74.8 Å². The average Bonchev–Trinajstić information content (AvgIpc) is 3.67. The molecule has 0 spiro atoms. The first-order valence-electron chi connectivity index (χ1n) is 12.8. The first-order valence-corrected chi connectivity index (χ1v) is 13.9. The summed E-state index contributed by atoms with van der Waals surface area (Å²) in [7, 11) is 0. The number of alkyl halides is 3. The molecule has 2 N–H and O–H groups in total. The van der Waals surface area contributed by atoms with Gasteiger partial charge in [-0.2, -0.15) is 23.4 Å². The molecular formula is C26H21BrClF5N6O4. The maximum atomic E-state index is 14.7. The van der Waals surface area contributed by atoms with Crippen molar-refractivity contribution in [2.45, 2.75) is 56.6 Å². The Balaban J connectivity index is 1.45. The fraction of sp³-hybridized carbons (Fsp3) is 0.385.